The first-order valence-electron chi connectivity index (χ1n) is 6.96. The Hall–Kier alpha value is -2.04. The van der Waals surface area contributed by atoms with Crippen LogP contribution in [0.2, 0.25) is 0 Å². The molecule has 2 unspecified atom stereocenters. The number of nitrogens with zero attached hydrogens (tertiary/aromatic N) is 1. The average Bonchev–Trinajstić information content (AvgIpc) is 2.37. The molecule has 1 saturated carbocycles. The van der Waals surface area contributed by atoms with Gasteiger partial charge in [-0.05, 0) is 31.2 Å². The summed E-state index contributed by atoms with van der Waals surface area (Å²) in [5, 5.41) is 14.9. The van der Waals surface area contributed by atoms with E-state index in [1.54, 1.807) is 12.1 Å². The number of carbonyl (C=O) groups excluding carboxylic acids is 1. The SMILES string of the molecule is CC(NC(=O)C(/C(N)=N/O)c1ccccc1)C1CCC1. The molecule has 20 heavy (non-hydrogen) atoms. The van der Waals surface area contributed by atoms with Crippen molar-refractivity contribution in [2.45, 2.75) is 38.1 Å². The van der Waals surface area contributed by atoms with Gasteiger partial charge in [0.15, 0.2) is 5.84 Å². The van der Waals surface area contributed by atoms with E-state index in [1.165, 1.54) is 6.42 Å². The number of amides is 1. The quantitative estimate of drug-likeness (QED) is 0.331. The molecule has 0 bridgehead atoms. The summed E-state index contributed by atoms with van der Waals surface area (Å²) in [5.74, 6) is -0.508. The summed E-state index contributed by atoms with van der Waals surface area (Å²) in [6, 6.07) is 9.24. The molecular weight excluding hydrogens is 254 g/mol. The second-order valence-corrected chi connectivity index (χ2v) is 5.36. The van der Waals surface area contributed by atoms with Gasteiger partial charge in [0.25, 0.3) is 0 Å². The minimum atomic E-state index is -0.747. The van der Waals surface area contributed by atoms with Gasteiger partial charge in [-0.2, -0.15) is 0 Å². The Morgan fingerprint density at radius 1 is 1.40 bits per heavy atom. The number of benzene rings is 1. The first-order chi connectivity index (χ1) is 9.63. The van der Waals surface area contributed by atoms with E-state index in [1.807, 2.05) is 25.1 Å². The molecule has 1 aromatic rings. The Morgan fingerprint density at radius 3 is 2.55 bits per heavy atom. The third-order valence-corrected chi connectivity index (χ3v) is 4.03. The number of oxime groups is 1. The standard InChI is InChI=1S/C15H21N3O2/c1-10(11-8-5-9-11)17-15(19)13(14(16)18-20)12-6-3-2-4-7-12/h2-4,6-7,10-11,13,20H,5,8-9H2,1H3,(H2,16,18)(H,17,19). The molecule has 0 radical (unpaired) electrons. The number of nitrogens with two attached hydrogens (primary N) is 1. The zero-order valence-electron chi connectivity index (χ0n) is 11.6. The van der Waals surface area contributed by atoms with Crippen LogP contribution >= 0.6 is 0 Å². The molecule has 2 rings (SSSR count). The van der Waals surface area contributed by atoms with Gasteiger partial charge in [-0.25, -0.2) is 0 Å². The molecule has 108 valence electrons. The topological polar surface area (TPSA) is 87.7 Å². The molecule has 1 amide bonds. The van der Waals surface area contributed by atoms with Crippen molar-refractivity contribution in [3.63, 3.8) is 0 Å². The van der Waals surface area contributed by atoms with Gasteiger partial charge in [-0.15, -0.1) is 0 Å². The minimum absolute atomic E-state index is 0.0884. The van der Waals surface area contributed by atoms with Gasteiger partial charge in [-0.1, -0.05) is 41.9 Å². The Kier molecular flexibility index (Phi) is 4.61. The van der Waals surface area contributed by atoms with Crippen molar-refractivity contribution in [1.82, 2.24) is 5.32 Å². The zero-order chi connectivity index (χ0) is 14.5. The van der Waals surface area contributed by atoms with Crippen molar-refractivity contribution in [3.8, 4) is 0 Å². The lowest BCUT2D eigenvalue weighted by molar-refractivity contribution is -0.122. The van der Waals surface area contributed by atoms with E-state index in [0.29, 0.717) is 5.92 Å². The Morgan fingerprint density at radius 2 is 2.05 bits per heavy atom. The average molecular weight is 275 g/mol. The molecule has 1 aliphatic carbocycles. The first-order valence-corrected chi connectivity index (χ1v) is 6.96. The third kappa shape index (κ3) is 3.10. The van der Waals surface area contributed by atoms with Crippen molar-refractivity contribution < 1.29 is 10.0 Å². The van der Waals surface area contributed by atoms with Crippen LogP contribution in [-0.2, 0) is 4.79 Å². The van der Waals surface area contributed by atoms with Crippen LogP contribution < -0.4 is 11.1 Å². The Balaban J connectivity index is 2.12. The lowest BCUT2D eigenvalue weighted by Crippen LogP contribution is -2.45. The molecular formula is C15H21N3O2. The van der Waals surface area contributed by atoms with Crippen molar-refractivity contribution in [2.24, 2.45) is 16.8 Å². The summed E-state index contributed by atoms with van der Waals surface area (Å²) in [6.45, 7) is 2.01. The van der Waals surface area contributed by atoms with Crippen molar-refractivity contribution in [1.29, 1.82) is 0 Å². The second kappa shape index (κ2) is 6.41. The van der Waals surface area contributed by atoms with Crippen LogP contribution in [-0.4, -0.2) is 23.0 Å². The van der Waals surface area contributed by atoms with Crippen LogP contribution in [0.4, 0.5) is 0 Å². The summed E-state index contributed by atoms with van der Waals surface area (Å²) in [6.07, 6.45) is 3.54. The first kappa shape index (κ1) is 14.4. The highest BCUT2D eigenvalue weighted by atomic mass is 16.4. The Bertz CT molecular complexity index is 483. The molecule has 0 saturated heterocycles. The van der Waals surface area contributed by atoms with E-state index in [2.05, 4.69) is 10.5 Å². The van der Waals surface area contributed by atoms with E-state index in [4.69, 9.17) is 10.9 Å². The number of nitrogens with one attached hydrogen (secondary N) is 1. The predicted molar refractivity (Wildman–Crippen MR) is 77.5 cm³/mol. The van der Waals surface area contributed by atoms with Crippen LogP contribution in [0.1, 0.15) is 37.7 Å². The molecule has 2 atom stereocenters. The van der Waals surface area contributed by atoms with Crippen LogP contribution in [0, 0.1) is 5.92 Å². The maximum Gasteiger partial charge on any atom is 0.235 e. The van der Waals surface area contributed by atoms with Gasteiger partial charge in [0.2, 0.25) is 5.91 Å². The molecule has 0 spiro atoms. The molecule has 5 nitrogen and oxygen atoms in total. The highest BCUT2D eigenvalue weighted by Crippen LogP contribution is 2.29. The summed E-state index contributed by atoms with van der Waals surface area (Å²) in [7, 11) is 0. The smallest absolute Gasteiger partial charge is 0.235 e. The largest absolute Gasteiger partial charge is 0.409 e. The number of hydrogen-bond acceptors (Lipinski definition) is 3. The fourth-order valence-corrected chi connectivity index (χ4v) is 2.53. The second-order valence-electron chi connectivity index (χ2n) is 5.36. The molecule has 0 heterocycles. The van der Waals surface area contributed by atoms with Gasteiger partial charge >= 0.3 is 0 Å². The lowest BCUT2D eigenvalue weighted by atomic mass is 9.80. The molecule has 0 aliphatic heterocycles. The van der Waals surface area contributed by atoms with Gasteiger partial charge in [0, 0.05) is 6.04 Å². The van der Waals surface area contributed by atoms with E-state index in [0.717, 1.165) is 18.4 Å². The minimum Gasteiger partial charge on any atom is -0.409 e. The van der Waals surface area contributed by atoms with Crippen molar-refractivity contribution in [2.75, 3.05) is 0 Å². The summed E-state index contributed by atoms with van der Waals surface area (Å²) in [5.41, 5.74) is 6.41. The van der Waals surface area contributed by atoms with E-state index in [-0.39, 0.29) is 17.8 Å². The molecule has 1 aromatic carbocycles. The monoisotopic (exact) mass is 275 g/mol. The number of carbonyl (C=O) groups is 1. The highest BCUT2D eigenvalue weighted by molar-refractivity contribution is 6.07. The van der Waals surface area contributed by atoms with E-state index >= 15 is 0 Å². The number of amidine groups is 1. The zero-order valence-corrected chi connectivity index (χ0v) is 11.6. The van der Waals surface area contributed by atoms with Gasteiger partial charge in [0.05, 0.1) is 0 Å². The molecule has 0 aromatic heterocycles. The fraction of sp³-hybridized carbons (Fsp3) is 0.467. The summed E-state index contributed by atoms with van der Waals surface area (Å²) < 4.78 is 0. The van der Waals surface area contributed by atoms with E-state index in [9.17, 15) is 4.79 Å². The molecule has 5 heteroatoms. The van der Waals surface area contributed by atoms with E-state index < -0.39 is 5.92 Å². The predicted octanol–water partition coefficient (Wildman–Crippen LogP) is 1.82. The van der Waals surface area contributed by atoms with Crippen LogP contribution in [0.5, 0.6) is 0 Å². The lowest BCUT2D eigenvalue weighted by Gasteiger charge is -2.32. The van der Waals surface area contributed by atoms with Crippen LogP contribution in [0.15, 0.2) is 35.5 Å². The van der Waals surface area contributed by atoms with Crippen molar-refractivity contribution >= 4 is 11.7 Å². The Labute approximate surface area is 118 Å². The number of hydrogen-bond donors (Lipinski definition) is 3. The van der Waals surface area contributed by atoms with Gasteiger partial charge in [-0.3, -0.25) is 4.79 Å². The summed E-state index contributed by atoms with van der Waals surface area (Å²) in [4.78, 5) is 12.4. The van der Waals surface area contributed by atoms with Crippen LogP contribution in [0.25, 0.3) is 0 Å². The normalized spacial score (nSPS) is 18.9. The van der Waals surface area contributed by atoms with Crippen molar-refractivity contribution in [3.05, 3.63) is 35.9 Å². The maximum atomic E-state index is 12.4. The summed E-state index contributed by atoms with van der Waals surface area (Å²) >= 11 is 0. The maximum absolute atomic E-state index is 12.4. The fourth-order valence-electron chi connectivity index (χ4n) is 2.53. The molecule has 1 aliphatic rings. The van der Waals surface area contributed by atoms with Crippen LogP contribution in [0.3, 0.4) is 0 Å². The molecule has 4 N–H and O–H groups in total. The van der Waals surface area contributed by atoms with Gasteiger partial charge < -0.3 is 16.3 Å². The molecule has 1 fully saturated rings. The highest BCUT2D eigenvalue weighted by Gasteiger charge is 2.30. The third-order valence-electron chi connectivity index (χ3n) is 4.03. The number of rotatable bonds is 5. The van der Waals surface area contributed by atoms with Gasteiger partial charge in [0.1, 0.15) is 5.92 Å².